The maximum atomic E-state index is 13.2. The highest BCUT2D eigenvalue weighted by Gasteiger charge is 2.37. The molecule has 1 aromatic heterocycles. The van der Waals surface area contributed by atoms with Crippen molar-refractivity contribution in [3.63, 3.8) is 0 Å². The van der Waals surface area contributed by atoms with Gasteiger partial charge in [0.2, 0.25) is 5.56 Å². The second kappa shape index (κ2) is 18.3. The minimum atomic E-state index is -0.845. The van der Waals surface area contributed by atoms with E-state index < -0.39 is 24.2 Å². The number of rotatable bonds is 16. The Morgan fingerprint density at radius 1 is 0.893 bits per heavy atom. The fourth-order valence-electron chi connectivity index (χ4n) is 7.56. The van der Waals surface area contributed by atoms with Crippen LogP contribution in [-0.2, 0) is 15.9 Å². The summed E-state index contributed by atoms with van der Waals surface area (Å²) in [4.78, 5) is 42.5. The number of H-pyrrole nitrogens is 1. The van der Waals surface area contributed by atoms with Crippen LogP contribution in [0, 0.1) is 5.92 Å². The van der Waals surface area contributed by atoms with E-state index >= 15 is 0 Å². The van der Waals surface area contributed by atoms with Gasteiger partial charge in [-0.25, -0.2) is 9.59 Å². The molecular formula is C44H48N4O8. The lowest BCUT2D eigenvalue weighted by atomic mass is 9.86. The van der Waals surface area contributed by atoms with Crippen LogP contribution < -0.4 is 20.9 Å². The average molecular weight is 761 g/mol. The predicted octanol–water partition coefficient (Wildman–Crippen LogP) is 5.64. The zero-order chi connectivity index (χ0) is 38.9. The van der Waals surface area contributed by atoms with Gasteiger partial charge in [-0.2, -0.15) is 0 Å². The van der Waals surface area contributed by atoms with Crippen LogP contribution in [-0.4, -0.2) is 84.2 Å². The first-order valence-electron chi connectivity index (χ1n) is 19.3. The van der Waals surface area contributed by atoms with E-state index in [9.17, 15) is 24.6 Å². The Labute approximate surface area is 325 Å². The summed E-state index contributed by atoms with van der Waals surface area (Å²) < 4.78 is 17.5. The summed E-state index contributed by atoms with van der Waals surface area (Å²) in [7, 11) is 0. The molecule has 5 aromatic rings. The molecule has 4 aromatic carbocycles. The number of phenolic OH excluding ortho intramolecular Hbond substituents is 1. The summed E-state index contributed by atoms with van der Waals surface area (Å²) in [6, 6.07) is 30.3. The van der Waals surface area contributed by atoms with Crippen molar-refractivity contribution in [1.29, 1.82) is 0 Å². The highest BCUT2D eigenvalue weighted by Crippen LogP contribution is 2.31. The molecule has 5 N–H and O–H groups in total. The van der Waals surface area contributed by atoms with Crippen molar-refractivity contribution >= 4 is 23.0 Å². The fourth-order valence-corrected chi connectivity index (χ4v) is 7.56. The number of aromatic nitrogens is 1. The topological polar surface area (TPSA) is 162 Å². The number of nitrogens with zero attached hydrogens (tertiary/aromatic N) is 1. The molecule has 3 aliphatic rings. The number of piperidine rings is 3. The largest absolute Gasteiger partial charge is 0.506 e. The summed E-state index contributed by atoms with van der Waals surface area (Å²) in [6.07, 6.45) is 1.95. The van der Waals surface area contributed by atoms with E-state index in [1.165, 1.54) is 12.1 Å². The SMILES string of the molecule is O=C(NC(c1ccccc1)c1cccc(OCCCOC(=O)c2ccc(CCNC[C@H](O)c3ccc(O)c4[nH]c(=O)ccc34)cc2)c1)O[C@H]1CN2CCC1CC2. The van der Waals surface area contributed by atoms with Gasteiger partial charge in [0.05, 0.1) is 36.4 Å². The number of ether oxygens (including phenoxy) is 3. The van der Waals surface area contributed by atoms with Crippen LogP contribution in [0.4, 0.5) is 4.79 Å². The fraction of sp³-hybridized carbons (Fsp3) is 0.341. The third-order valence-corrected chi connectivity index (χ3v) is 10.6. The van der Waals surface area contributed by atoms with Gasteiger partial charge in [-0.3, -0.25) is 9.69 Å². The van der Waals surface area contributed by atoms with Gasteiger partial charge in [-0.05, 0) is 103 Å². The van der Waals surface area contributed by atoms with E-state index in [1.54, 1.807) is 24.3 Å². The lowest BCUT2D eigenvalue weighted by molar-refractivity contribution is -0.0336. The number of carbonyl (C=O) groups is 2. The van der Waals surface area contributed by atoms with E-state index in [0.717, 1.165) is 49.2 Å². The number of alkyl carbamates (subject to hydrolysis) is 1. The highest BCUT2D eigenvalue weighted by atomic mass is 16.6. The summed E-state index contributed by atoms with van der Waals surface area (Å²) in [5.74, 6) is 0.601. The summed E-state index contributed by atoms with van der Waals surface area (Å²) in [5, 5.41) is 27.8. The maximum Gasteiger partial charge on any atom is 0.408 e. The minimum Gasteiger partial charge on any atom is -0.506 e. The smallest absolute Gasteiger partial charge is 0.408 e. The molecule has 12 nitrogen and oxygen atoms in total. The minimum absolute atomic E-state index is 0.0525. The first-order valence-corrected chi connectivity index (χ1v) is 19.3. The lowest BCUT2D eigenvalue weighted by Crippen LogP contribution is -2.52. The Balaban J connectivity index is 0.833. The molecule has 0 saturated carbocycles. The van der Waals surface area contributed by atoms with Gasteiger partial charge in [0.25, 0.3) is 0 Å². The third-order valence-electron chi connectivity index (χ3n) is 10.6. The zero-order valence-corrected chi connectivity index (χ0v) is 31.2. The van der Waals surface area contributed by atoms with Gasteiger partial charge in [-0.15, -0.1) is 0 Å². The quantitative estimate of drug-likeness (QED) is 0.0629. The number of aliphatic hydroxyl groups is 1. The van der Waals surface area contributed by atoms with Crippen LogP contribution in [0.1, 0.15) is 64.0 Å². The Hall–Kier alpha value is -5.69. The van der Waals surface area contributed by atoms with E-state index in [-0.39, 0.29) is 30.6 Å². The van der Waals surface area contributed by atoms with Gasteiger partial charge >= 0.3 is 12.1 Å². The molecule has 1 amide bonds. The maximum absolute atomic E-state index is 13.2. The molecule has 1 unspecified atom stereocenters. The highest BCUT2D eigenvalue weighted by molar-refractivity contribution is 5.89. The molecule has 12 heteroatoms. The Bertz CT molecular complexity index is 2150. The van der Waals surface area contributed by atoms with Gasteiger partial charge in [0.1, 0.15) is 17.6 Å². The van der Waals surface area contributed by atoms with Gasteiger partial charge in [0, 0.05) is 31.0 Å². The second-order valence-electron chi connectivity index (χ2n) is 14.4. The number of fused-ring (bicyclic) bond motifs is 4. The number of hydrogen-bond acceptors (Lipinski definition) is 10. The molecule has 3 aliphatic heterocycles. The van der Waals surface area contributed by atoms with Crippen LogP contribution in [0.15, 0.2) is 108 Å². The number of benzene rings is 4. The molecule has 3 fully saturated rings. The lowest BCUT2D eigenvalue weighted by Gasteiger charge is -2.43. The van der Waals surface area contributed by atoms with Crippen molar-refractivity contribution in [1.82, 2.24) is 20.5 Å². The number of aromatic amines is 1. The zero-order valence-electron chi connectivity index (χ0n) is 31.2. The van der Waals surface area contributed by atoms with E-state index in [1.807, 2.05) is 66.7 Å². The van der Waals surface area contributed by atoms with Crippen LogP contribution in [0.3, 0.4) is 0 Å². The average Bonchev–Trinajstić information content (AvgIpc) is 3.22. The number of amides is 1. The normalized spacial score (nSPS) is 18.6. The molecule has 3 saturated heterocycles. The van der Waals surface area contributed by atoms with Gasteiger partial charge in [-0.1, -0.05) is 60.7 Å². The molecule has 0 aliphatic carbocycles. The number of esters is 1. The Morgan fingerprint density at radius 2 is 1.68 bits per heavy atom. The molecule has 4 heterocycles. The molecule has 292 valence electrons. The Kier molecular flexibility index (Phi) is 12.6. The third kappa shape index (κ3) is 9.75. The summed E-state index contributed by atoms with van der Waals surface area (Å²) >= 11 is 0. The van der Waals surface area contributed by atoms with Crippen LogP contribution in [0.25, 0.3) is 10.9 Å². The monoisotopic (exact) mass is 760 g/mol. The number of hydrogen-bond donors (Lipinski definition) is 5. The number of pyridine rings is 1. The molecule has 8 rings (SSSR count). The first-order chi connectivity index (χ1) is 27.3. The van der Waals surface area contributed by atoms with Crippen LogP contribution in [0.5, 0.6) is 11.5 Å². The van der Waals surface area contributed by atoms with E-state index in [4.69, 9.17) is 14.2 Å². The van der Waals surface area contributed by atoms with E-state index in [2.05, 4.69) is 20.5 Å². The van der Waals surface area contributed by atoms with Crippen LogP contribution >= 0.6 is 0 Å². The Morgan fingerprint density at radius 3 is 2.45 bits per heavy atom. The number of nitrogens with one attached hydrogen (secondary N) is 3. The van der Waals surface area contributed by atoms with Crippen molar-refractivity contribution < 1.29 is 34.0 Å². The van der Waals surface area contributed by atoms with Crippen molar-refractivity contribution in [3.05, 3.63) is 141 Å². The number of aromatic hydroxyl groups is 1. The molecular weight excluding hydrogens is 713 g/mol. The molecule has 0 radical (unpaired) electrons. The summed E-state index contributed by atoms with van der Waals surface area (Å²) in [6.45, 7) is 4.35. The number of phenols is 1. The van der Waals surface area contributed by atoms with E-state index in [0.29, 0.717) is 59.7 Å². The molecule has 0 spiro atoms. The molecule has 2 bridgehead atoms. The standard InChI is InChI=1S/C44H48N4O8/c49-37-16-14-35(36-15-17-40(51)46-42(36)37)38(50)27-45-21-18-29-10-12-32(13-11-29)43(52)55-25-5-24-54-34-9-4-8-33(26-34)41(31-6-2-1-3-7-31)47-44(53)56-39-28-48-22-19-30(39)20-23-48/h1-4,6-17,26,30,38-39,41,45,49-50H,5,18-25,27-28H2,(H,46,51)(H,47,53)/t38-,39-,41?/m0/s1. The van der Waals surface area contributed by atoms with Gasteiger partial charge < -0.3 is 40.0 Å². The summed E-state index contributed by atoms with van der Waals surface area (Å²) in [5.41, 5.74) is 3.84. The molecule has 3 atom stereocenters. The van der Waals surface area contributed by atoms with Crippen molar-refractivity contribution in [2.75, 3.05) is 45.9 Å². The first kappa shape index (κ1) is 38.6. The second-order valence-corrected chi connectivity index (χ2v) is 14.4. The van der Waals surface area contributed by atoms with Gasteiger partial charge in [0.15, 0.2) is 0 Å². The van der Waals surface area contributed by atoms with Crippen molar-refractivity contribution in [3.8, 4) is 11.5 Å². The van der Waals surface area contributed by atoms with Crippen molar-refractivity contribution in [2.24, 2.45) is 5.92 Å². The molecule has 56 heavy (non-hydrogen) atoms. The number of carbonyl (C=O) groups excluding carboxylic acids is 2. The predicted molar refractivity (Wildman–Crippen MR) is 212 cm³/mol. The van der Waals surface area contributed by atoms with Crippen molar-refractivity contribution in [2.45, 2.75) is 43.9 Å². The number of aliphatic hydroxyl groups excluding tert-OH is 1. The van der Waals surface area contributed by atoms with Crippen LogP contribution in [0.2, 0.25) is 0 Å².